The van der Waals surface area contributed by atoms with Gasteiger partial charge in [-0.15, -0.1) is 0 Å². The smallest absolute Gasteiger partial charge is 0.131 e. The minimum atomic E-state index is -0.171. The summed E-state index contributed by atoms with van der Waals surface area (Å²) >= 11 is 0. The van der Waals surface area contributed by atoms with Crippen LogP contribution in [0.15, 0.2) is 48.5 Å². The summed E-state index contributed by atoms with van der Waals surface area (Å²) in [7, 11) is 2.00. The van der Waals surface area contributed by atoms with E-state index in [1.54, 1.807) is 6.07 Å². The van der Waals surface area contributed by atoms with E-state index in [-0.39, 0.29) is 5.82 Å². The van der Waals surface area contributed by atoms with Gasteiger partial charge in [-0.05, 0) is 36.6 Å². The van der Waals surface area contributed by atoms with Crippen LogP contribution in [-0.4, -0.2) is 13.1 Å². The molecule has 0 aliphatic carbocycles. The molecule has 106 valence electrons. The molecule has 0 amide bonds. The second-order valence-electron chi connectivity index (χ2n) is 5.52. The summed E-state index contributed by atoms with van der Waals surface area (Å²) < 4.78 is 13.7. The van der Waals surface area contributed by atoms with E-state index in [9.17, 15) is 4.39 Å². The van der Waals surface area contributed by atoms with Crippen LogP contribution in [0.3, 0.4) is 0 Å². The number of hydrogen-bond acceptors (Lipinski definition) is 1. The second-order valence-corrected chi connectivity index (χ2v) is 5.52. The van der Waals surface area contributed by atoms with Gasteiger partial charge < -0.3 is 5.32 Å². The van der Waals surface area contributed by atoms with Crippen molar-refractivity contribution in [3.8, 4) is 11.1 Å². The van der Waals surface area contributed by atoms with Gasteiger partial charge in [0.15, 0.2) is 0 Å². The molecule has 0 bridgehead atoms. The third kappa shape index (κ3) is 3.45. The highest BCUT2D eigenvalue weighted by molar-refractivity contribution is 5.64. The quantitative estimate of drug-likeness (QED) is 0.856. The maximum Gasteiger partial charge on any atom is 0.131 e. The van der Waals surface area contributed by atoms with Gasteiger partial charge in [0.2, 0.25) is 0 Å². The molecule has 20 heavy (non-hydrogen) atoms. The van der Waals surface area contributed by atoms with Crippen molar-refractivity contribution in [2.75, 3.05) is 7.05 Å². The number of hydrogen-bond donors (Lipinski definition) is 1. The molecule has 2 aromatic carbocycles. The lowest BCUT2D eigenvalue weighted by atomic mass is 9.95. The molecule has 0 spiro atoms. The van der Waals surface area contributed by atoms with E-state index in [0.29, 0.717) is 17.5 Å². The fourth-order valence-electron chi connectivity index (χ4n) is 2.44. The summed E-state index contributed by atoms with van der Waals surface area (Å²) in [6.45, 7) is 4.43. The molecule has 1 N–H and O–H groups in total. The molecule has 1 unspecified atom stereocenters. The van der Waals surface area contributed by atoms with E-state index in [1.165, 1.54) is 11.6 Å². The molecule has 2 aromatic rings. The fraction of sp³-hybridized carbons (Fsp3) is 0.333. The van der Waals surface area contributed by atoms with Crippen LogP contribution in [-0.2, 0) is 6.42 Å². The Bertz CT molecular complexity index is 546. The van der Waals surface area contributed by atoms with E-state index in [0.717, 1.165) is 12.0 Å². The van der Waals surface area contributed by atoms with Gasteiger partial charge in [-0.3, -0.25) is 0 Å². The van der Waals surface area contributed by atoms with Crippen LogP contribution in [0.5, 0.6) is 0 Å². The first kappa shape index (κ1) is 14.7. The van der Waals surface area contributed by atoms with Crippen molar-refractivity contribution in [3.63, 3.8) is 0 Å². The molecule has 1 atom stereocenters. The Labute approximate surface area is 120 Å². The van der Waals surface area contributed by atoms with Gasteiger partial charge in [-0.25, -0.2) is 4.39 Å². The van der Waals surface area contributed by atoms with E-state index in [1.807, 2.05) is 31.3 Å². The lowest BCUT2D eigenvalue weighted by Gasteiger charge is -2.20. The molecular formula is C18H22FN. The summed E-state index contributed by atoms with van der Waals surface area (Å²) in [4.78, 5) is 0. The Hall–Kier alpha value is -1.67. The summed E-state index contributed by atoms with van der Waals surface area (Å²) in [6.07, 6.45) is 0.992. The second kappa shape index (κ2) is 6.67. The molecule has 0 saturated carbocycles. The van der Waals surface area contributed by atoms with Crippen LogP contribution < -0.4 is 5.32 Å². The third-order valence-corrected chi connectivity index (χ3v) is 3.77. The van der Waals surface area contributed by atoms with Gasteiger partial charge in [-0.1, -0.05) is 56.3 Å². The summed E-state index contributed by atoms with van der Waals surface area (Å²) in [5.41, 5.74) is 2.86. The molecule has 0 aromatic heterocycles. The minimum Gasteiger partial charge on any atom is -0.316 e. The Morgan fingerprint density at radius 1 is 1.00 bits per heavy atom. The number of halogens is 1. The molecular weight excluding hydrogens is 249 g/mol. The molecule has 0 heterocycles. The van der Waals surface area contributed by atoms with E-state index in [2.05, 4.69) is 31.3 Å². The average Bonchev–Trinajstić information content (AvgIpc) is 2.46. The van der Waals surface area contributed by atoms with Crippen LogP contribution >= 0.6 is 0 Å². The third-order valence-electron chi connectivity index (χ3n) is 3.77. The maximum absolute atomic E-state index is 13.7. The van der Waals surface area contributed by atoms with Crippen molar-refractivity contribution in [2.45, 2.75) is 26.3 Å². The molecule has 0 aliphatic rings. The molecule has 0 radical (unpaired) electrons. The average molecular weight is 271 g/mol. The normalized spacial score (nSPS) is 12.7. The van der Waals surface area contributed by atoms with E-state index < -0.39 is 0 Å². The molecule has 2 heteroatoms. The lowest BCUT2D eigenvalue weighted by molar-refractivity contribution is 0.424. The fourth-order valence-corrected chi connectivity index (χ4v) is 2.44. The van der Waals surface area contributed by atoms with Crippen molar-refractivity contribution >= 4 is 0 Å². The summed E-state index contributed by atoms with van der Waals surface area (Å²) in [5, 5.41) is 3.35. The summed E-state index contributed by atoms with van der Waals surface area (Å²) in [6, 6.07) is 15.5. The van der Waals surface area contributed by atoms with Crippen LogP contribution in [0.2, 0.25) is 0 Å². The Balaban J connectivity index is 2.16. The number of benzene rings is 2. The van der Waals surface area contributed by atoms with Crippen molar-refractivity contribution in [1.29, 1.82) is 0 Å². The van der Waals surface area contributed by atoms with E-state index >= 15 is 0 Å². The van der Waals surface area contributed by atoms with Crippen molar-refractivity contribution in [1.82, 2.24) is 5.32 Å². The predicted molar refractivity (Wildman–Crippen MR) is 83.2 cm³/mol. The Morgan fingerprint density at radius 3 is 2.20 bits per heavy atom. The molecule has 1 nitrogen and oxygen atoms in total. The highest BCUT2D eigenvalue weighted by Gasteiger charge is 2.11. The number of nitrogens with one attached hydrogen (secondary N) is 1. The number of likely N-dealkylation sites (N-methyl/N-ethyl adjacent to an activating group) is 1. The van der Waals surface area contributed by atoms with E-state index in [4.69, 9.17) is 0 Å². The van der Waals surface area contributed by atoms with Crippen molar-refractivity contribution < 1.29 is 4.39 Å². The standard InChI is InChI=1S/C18H22FN/c1-13(2)18(20-3)12-14-8-10-15(11-9-14)16-6-4-5-7-17(16)19/h4-11,13,18,20H,12H2,1-3H3. The zero-order valence-electron chi connectivity index (χ0n) is 12.4. The molecule has 0 saturated heterocycles. The monoisotopic (exact) mass is 271 g/mol. The van der Waals surface area contributed by atoms with Gasteiger partial charge in [-0.2, -0.15) is 0 Å². The van der Waals surface area contributed by atoms with Crippen LogP contribution in [0, 0.1) is 11.7 Å². The highest BCUT2D eigenvalue weighted by atomic mass is 19.1. The summed E-state index contributed by atoms with van der Waals surface area (Å²) in [5.74, 6) is 0.418. The van der Waals surface area contributed by atoms with Crippen LogP contribution in [0.25, 0.3) is 11.1 Å². The highest BCUT2D eigenvalue weighted by Crippen LogP contribution is 2.23. The predicted octanol–water partition coefficient (Wildman–Crippen LogP) is 4.28. The van der Waals surface area contributed by atoms with Gasteiger partial charge in [0.25, 0.3) is 0 Å². The van der Waals surface area contributed by atoms with Crippen molar-refractivity contribution in [2.24, 2.45) is 5.92 Å². The molecule has 2 rings (SSSR count). The minimum absolute atomic E-state index is 0.171. The number of rotatable bonds is 5. The van der Waals surface area contributed by atoms with Gasteiger partial charge in [0.05, 0.1) is 0 Å². The molecule has 0 aliphatic heterocycles. The zero-order chi connectivity index (χ0) is 14.5. The first-order valence-corrected chi connectivity index (χ1v) is 7.13. The lowest BCUT2D eigenvalue weighted by Crippen LogP contribution is -2.32. The van der Waals surface area contributed by atoms with Gasteiger partial charge >= 0.3 is 0 Å². The SMILES string of the molecule is CNC(Cc1ccc(-c2ccccc2F)cc1)C(C)C. The maximum atomic E-state index is 13.7. The Morgan fingerprint density at radius 2 is 1.65 bits per heavy atom. The van der Waals surface area contributed by atoms with Crippen molar-refractivity contribution in [3.05, 3.63) is 59.9 Å². The van der Waals surface area contributed by atoms with Gasteiger partial charge in [0.1, 0.15) is 5.82 Å². The zero-order valence-corrected chi connectivity index (χ0v) is 12.4. The topological polar surface area (TPSA) is 12.0 Å². The van der Waals surface area contributed by atoms with Crippen LogP contribution in [0.4, 0.5) is 4.39 Å². The van der Waals surface area contributed by atoms with Gasteiger partial charge in [0, 0.05) is 11.6 Å². The molecule has 0 fully saturated rings. The first-order chi connectivity index (χ1) is 9.61. The first-order valence-electron chi connectivity index (χ1n) is 7.13. The largest absolute Gasteiger partial charge is 0.316 e. The Kier molecular flexibility index (Phi) is 4.91. The van der Waals surface area contributed by atoms with Crippen LogP contribution in [0.1, 0.15) is 19.4 Å².